The monoisotopic (exact) mass is 304 g/mol. The third-order valence-electron chi connectivity index (χ3n) is 3.00. The maximum atomic E-state index is 12.0. The molecule has 0 fully saturated rings. The molecular formula is C15H16N2O3S. The summed E-state index contributed by atoms with van der Waals surface area (Å²) in [5.41, 5.74) is 2.12. The van der Waals surface area contributed by atoms with Crippen LogP contribution in [0.1, 0.15) is 24.1 Å². The Morgan fingerprint density at radius 3 is 2.71 bits per heavy atom. The number of thiophene rings is 1. The molecule has 6 heteroatoms. The highest BCUT2D eigenvalue weighted by molar-refractivity contribution is 7.07. The van der Waals surface area contributed by atoms with Crippen LogP contribution in [0.15, 0.2) is 41.1 Å². The number of carboxylic acids is 1. The molecule has 0 radical (unpaired) electrons. The summed E-state index contributed by atoms with van der Waals surface area (Å²) in [4.78, 5) is 22.8. The van der Waals surface area contributed by atoms with Crippen molar-refractivity contribution in [2.45, 2.75) is 19.4 Å². The minimum atomic E-state index is -0.934. The van der Waals surface area contributed by atoms with Crippen LogP contribution < -0.4 is 10.6 Å². The van der Waals surface area contributed by atoms with Gasteiger partial charge in [-0.25, -0.2) is 4.79 Å². The number of aliphatic carboxylic acids is 1. The van der Waals surface area contributed by atoms with Gasteiger partial charge < -0.3 is 15.7 Å². The van der Waals surface area contributed by atoms with Gasteiger partial charge in [0.25, 0.3) is 0 Å². The van der Waals surface area contributed by atoms with Crippen molar-refractivity contribution in [2.24, 2.45) is 0 Å². The van der Waals surface area contributed by atoms with Crippen molar-refractivity contribution in [1.82, 2.24) is 5.32 Å². The molecule has 1 aromatic carbocycles. The van der Waals surface area contributed by atoms with E-state index in [0.29, 0.717) is 11.3 Å². The zero-order valence-corrected chi connectivity index (χ0v) is 12.3. The molecular weight excluding hydrogens is 288 g/mol. The van der Waals surface area contributed by atoms with Crippen molar-refractivity contribution in [3.63, 3.8) is 0 Å². The lowest BCUT2D eigenvalue weighted by Gasteiger charge is -2.15. The third-order valence-corrected chi connectivity index (χ3v) is 3.70. The molecule has 1 unspecified atom stereocenters. The third kappa shape index (κ3) is 4.32. The Bertz CT molecular complexity index is 626. The molecule has 0 saturated carbocycles. The molecule has 0 aliphatic carbocycles. The largest absolute Gasteiger partial charge is 0.481 e. The summed E-state index contributed by atoms with van der Waals surface area (Å²) < 4.78 is 0. The van der Waals surface area contributed by atoms with Crippen LogP contribution in [0.25, 0.3) is 0 Å². The summed E-state index contributed by atoms with van der Waals surface area (Å²) in [6.45, 7) is 1.89. The highest BCUT2D eigenvalue weighted by Crippen LogP contribution is 2.18. The van der Waals surface area contributed by atoms with Gasteiger partial charge in [-0.15, -0.1) is 0 Å². The van der Waals surface area contributed by atoms with Gasteiger partial charge in [0, 0.05) is 5.69 Å². The SMILES string of the molecule is CC(NC(=O)Nc1ccccc1CC(=O)O)c1ccsc1. The van der Waals surface area contributed by atoms with Gasteiger partial charge in [-0.3, -0.25) is 4.79 Å². The topological polar surface area (TPSA) is 78.4 Å². The summed E-state index contributed by atoms with van der Waals surface area (Å²) >= 11 is 1.57. The van der Waals surface area contributed by atoms with Crippen molar-refractivity contribution in [2.75, 3.05) is 5.32 Å². The number of rotatable bonds is 5. The second-order valence-corrected chi connectivity index (χ2v) is 5.38. The summed E-state index contributed by atoms with van der Waals surface area (Å²) in [7, 11) is 0. The summed E-state index contributed by atoms with van der Waals surface area (Å²) in [6.07, 6.45) is -0.128. The Labute approximate surface area is 126 Å². The first-order valence-electron chi connectivity index (χ1n) is 6.45. The Kier molecular flexibility index (Phi) is 4.94. The van der Waals surface area contributed by atoms with E-state index in [2.05, 4.69) is 10.6 Å². The van der Waals surface area contributed by atoms with E-state index in [1.54, 1.807) is 35.6 Å². The molecule has 2 rings (SSSR count). The van der Waals surface area contributed by atoms with E-state index in [0.717, 1.165) is 5.56 Å². The minimum Gasteiger partial charge on any atom is -0.481 e. The fraction of sp³-hybridized carbons (Fsp3) is 0.200. The molecule has 0 aliphatic rings. The van der Waals surface area contributed by atoms with E-state index in [1.807, 2.05) is 23.8 Å². The van der Waals surface area contributed by atoms with E-state index in [1.165, 1.54) is 0 Å². The summed E-state index contributed by atoms with van der Waals surface area (Å²) in [5, 5.41) is 18.3. The molecule has 110 valence electrons. The highest BCUT2D eigenvalue weighted by atomic mass is 32.1. The zero-order valence-electron chi connectivity index (χ0n) is 11.5. The Balaban J connectivity index is 2.01. The molecule has 3 N–H and O–H groups in total. The molecule has 2 aromatic rings. The molecule has 0 saturated heterocycles. The minimum absolute atomic E-state index is 0.108. The van der Waals surface area contributed by atoms with E-state index in [-0.39, 0.29) is 18.5 Å². The number of nitrogens with one attached hydrogen (secondary N) is 2. The maximum Gasteiger partial charge on any atom is 0.319 e. The quantitative estimate of drug-likeness (QED) is 0.793. The maximum absolute atomic E-state index is 12.0. The molecule has 21 heavy (non-hydrogen) atoms. The zero-order chi connectivity index (χ0) is 15.2. The van der Waals surface area contributed by atoms with Gasteiger partial charge in [-0.05, 0) is 40.9 Å². The molecule has 2 amide bonds. The standard InChI is InChI=1S/C15H16N2O3S/c1-10(12-6-7-21-9-12)16-15(20)17-13-5-3-2-4-11(13)8-14(18)19/h2-7,9-10H,8H2,1H3,(H,18,19)(H2,16,17,20). The average molecular weight is 304 g/mol. The van der Waals surface area contributed by atoms with Gasteiger partial charge in [-0.1, -0.05) is 18.2 Å². The number of carbonyl (C=O) groups is 2. The summed E-state index contributed by atoms with van der Waals surface area (Å²) in [5.74, 6) is -0.934. The Morgan fingerprint density at radius 2 is 2.05 bits per heavy atom. The van der Waals surface area contributed by atoms with Crippen LogP contribution in [0.5, 0.6) is 0 Å². The molecule has 5 nitrogen and oxygen atoms in total. The first kappa shape index (κ1) is 15.1. The molecule has 1 heterocycles. The number of anilines is 1. The number of benzene rings is 1. The number of hydrogen-bond donors (Lipinski definition) is 3. The van der Waals surface area contributed by atoms with Crippen LogP contribution in [0.2, 0.25) is 0 Å². The van der Waals surface area contributed by atoms with Crippen LogP contribution in [0, 0.1) is 0 Å². The van der Waals surface area contributed by atoms with Gasteiger partial charge in [0.1, 0.15) is 0 Å². The van der Waals surface area contributed by atoms with E-state index in [9.17, 15) is 9.59 Å². The van der Waals surface area contributed by atoms with Crippen molar-refractivity contribution in [3.05, 3.63) is 52.2 Å². The van der Waals surface area contributed by atoms with E-state index >= 15 is 0 Å². The van der Waals surface area contributed by atoms with Crippen molar-refractivity contribution in [3.8, 4) is 0 Å². The number of carboxylic acid groups (broad SMARTS) is 1. The number of amides is 2. The fourth-order valence-electron chi connectivity index (χ4n) is 1.92. The molecule has 1 atom stereocenters. The lowest BCUT2D eigenvalue weighted by molar-refractivity contribution is -0.136. The highest BCUT2D eigenvalue weighted by Gasteiger charge is 2.12. The smallest absolute Gasteiger partial charge is 0.319 e. The second kappa shape index (κ2) is 6.90. The number of carbonyl (C=O) groups excluding carboxylic acids is 1. The van der Waals surface area contributed by atoms with Gasteiger partial charge in [0.15, 0.2) is 0 Å². The van der Waals surface area contributed by atoms with Crippen LogP contribution in [0.3, 0.4) is 0 Å². The molecule has 0 spiro atoms. The average Bonchev–Trinajstić information content (AvgIpc) is 2.94. The van der Waals surface area contributed by atoms with Crippen LogP contribution in [-0.2, 0) is 11.2 Å². The lowest BCUT2D eigenvalue weighted by atomic mass is 10.1. The first-order valence-corrected chi connectivity index (χ1v) is 7.40. The fourth-order valence-corrected chi connectivity index (χ4v) is 2.67. The van der Waals surface area contributed by atoms with Crippen molar-refractivity contribution < 1.29 is 14.7 Å². The number of hydrogen-bond acceptors (Lipinski definition) is 3. The lowest BCUT2D eigenvalue weighted by Crippen LogP contribution is -2.31. The summed E-state index contributed by atoms with van der Waals surface area (Å²) in [6, 6.07) is 8.36. The predicted octanol–water partition coefficient (Wildman–Crippen LogP) is 3.26. The molecule has 0 aliphatic heterocycles. The number of urea groups is 1. The van der Waals surface area contributed by atoms with Crippen molar-refractivity contribution in [1.29, 1.82) is 0 Å². The Morgan fingerprint density at radius 1 is 1.29 bits per heavy atom. The van der Waals surface area contributed by atoms with Crippen molar-refractivity contribution >= 4 is 29.0 Å². The van der Waals surface area contributed by atoms with Gasteiger partial charge in [0.2, 0.25) is 0 Å². The van der Waals surface area contributed by atoms with Gasteiger partial charge >= 0.3 is 12.0 Å². The van der Waals surface area contributed by atoms with Crippen LogP contribution >= 0.6 is 11.3 Å². The van der Waals surface area contributed by atoms with Crippen LogP contribution in [-0.4, -0.2) is 17.1 Å². The number of para-hydroxylation sites is 1. The van der Waals surface area contributed by atoms with E-state index < -0.39 is 5.97 Å². The van der Waals surface area contributed by atoms with Gasteiger partial charge in [0.05, 0.1) is 12.5 Å². The van der Waals surface area contributed by atoms with Crippen LogP contribution in [0.4, 0.5) is 10.5 Å². The first-order chi connectivity index (χ1) is 10.1. The predicted molar refractivity (Wildman–Crippen MR) is 82.7 cm³/mol. The molecule has 1 aromatic heterocycles. The Hall–Kier alpha value is -2.34. The second-order valence-electron chi connectivity index (χ2n) is 4.60. The normalized spacial score (nSPS) is 11.7. The van der Waals surface area contributed by atoms with E-state index in [4.69, 9.17) is 5.11 Å². The van der Waals surface area contributed by atoms with Gasteiger partial charge in [-0.2, -0.15) is 11.3 Å². The molecule has 0 bridgehead atoms.